The molecule has 3 rings (SSSR count). The van der Waals surface area contributed by atoms with Crippen LogP contribution >= 0.6 is 0 Å². The topological polar surface area (TPSA) is 59.1 Å². The second-order valence-corrected chi connectivity index (χ2v) is 9.12. The molecule has 7 heteroatoms. The van der Waals surface area contributed by atoms with Crippen LogP contribution in [0.1, 0.15) is 51.7 Å². The summed E-state index contributed by atoms with van der Waals surface area (Å²) in [4.78, 5) is 26.8. The van der Waals surface area contributed by atoms with E-state index in [-0.39, 0.29) is 23.8 Å². The number of hydrogen-bond acceptors (Lipinski definition) is 5. The van der Waals surface area contributed by atoms with E-state index in [1.54, 1.807) is 11.0 Å². The van der Waals surface area contributed by atoms with E-state index in [0.717, 1.165) is 5.56 Å². The van der Waals surface area contributed by atoms with Gasteiger partial charge in [-0.25, -0.2) is 9.18 Å². The molecule has 2 saturated heterocycles. The molecule has 2 fully saturated rings. The highest BCUT2D eigenvalue weighted by molar-refractivity contribution is 5.69. The molecule has 0 saturated carbocycles. The van der Waals surface area contributed by atoms with Crippen LogP contribution in [-0.4, -0.2) is 59.2 Å². The zero-order chi connectivity index (χ0) is 20.7. The molecule has 0 aliphatic carbocycles. The zero-order valence-electron chi connectivity index (χ0n) is 17.3. The molecule has 0 spiro atoms. The van der Waals surface area contributed by atoms with Crippen LogP contribution in [0, 0.1) is 5.82 Å². The maximum absolute atomic E-state index is 14.6. The molecule has 28 heavy (non-hydrogen) atoms. The highest BCUT2D eigenvalue weighted by Gasteiger charge is 2.41. The molecule has 0 atom stereocenters. The Bertz CT molecular complexity index is 762. The van der Waals surface area contributed by atoms with Crippen molar-refractivity contribution in [2.45, 2.75) is 58.3 Å². The van der Waals surface area contributed by atoms with E-state index in [2.05, 4.69) is 4.90 Å². The first kappa shape index (κ1) is 20.6. The fraction of sp³-hybridized carbons (Fsp3) is 0.619. The average molecular weight is 392 g/mol. The summed E-state index contributed by atoms with van der Waals surface area (Å²) in [5, 5.41) is 0. The molecule has 0 bridgehead atoms. The normalized spacial score (nSPS) is 19.6. The highest BCUT2D eigenvalue weighted by atomic mass is 19.1. The summed E-state index contributed by atoms with van der Waals surface area (Å²) < 4.78 is 25.2. The van der Waals surface area contributed by atoms with Crippen LogP contribution in [0.25, 0.3) is 0 Å². The van der Waals surface area contributed by atoms with Gasteiger partial charge in [-0.3, -0.25) is 9.69 Å². The number of carbonyl (C=O) groups excluding carboxylic acids is 2. The van der Waals surface area contributed by atoms with Crippen LogP contribution in [0.3, 0.4) is 0 Å². The first-order valence-electron chi connectivity index (χ1n) is 9.62. The standard InChI is InChI=1S/C21H29FN2O4/c1-14(25)27-21(5)12-23(13-21)9-16-7-6-15(8-18(16)22)17-10-24(11-17)19(26)28-20(2,3)4/h6-8,17H,9-13H2,1-5H3. The van der Waals surface area contributed by atoms with Crippen LogP contribution < -0.4 is 0 Å². The predicted octanol–water partition coefficient (Wildman–Crippen LogP) is 3.30. The molecule has 0 radical (unpaired) electrons. The molecule has 1 aromatic rings. The molecule has 6 nitrogen and oxygen atoms in total. The third kappa shape index (κ3) is 4.82. The van der Waals surface area contributed by atoms with E-state index in [1.165, 1.54) is 6.92 Å². The summed E-state index contributed by atoms with van der Waals surface area (Å²) in [6, 6.07) is 5.31. The van der Waals surface area contributed by atoms with Gasteiger partial charge in [0.1, 0.15) is 17.0 Å². The smallest absolute Gasteiger partial charge is 0.410 e. The van der Waals surface area contributed by atoms with E-state index in [0.29, 0.717) is 38.3 Å². The van der Waals surface area contributed by atoms with Gasteiger partial charge in [-0.05, 0) is 39.3 Å². The lowest BCUT2D eigenvalue weighted by Crippen LogP contribution is -2.61. The minimum absolute atomic E-state index is 0.132. The third-order valence-electron chi connectivity index (χ3n) is 4.98. The maximum Gasteiger partial charge on any atom is 0.410 e. The Morgan fingerprint density at radius 2 is 1.89 bits per heavy atom. The van der Waals surface area contributed by atoms with Gasteiger partial charge in [0.25, 0.3) is 0 Å². The molecule has 1 amide bonds. The maximum atomic E-state index is 14.6. The van der Waals surface area contributed by atoms with Crippen LogP contribution in [-0.2, 0) is 20.8 Å². The number of rotatable bonds is 4. The quantitative estimate of drug-likeness (QED) is 0.736. The molecule has 0 aromatic heterocycles. The lowest BCUT2D eigenvalue weighted by Gasteiger charge is -2.46. The van der Waals surface area contributed by atoms with Crippen molar-refractivity contribution in [1.82, 2.24) is 9.80 Å². The fourth-order valence-corrected chi connectivity index (χ4v) is 3.77. The second kappa shape index (κ2) is 7.35. The minimum Gasteiger partial charge on any atom is -0.457 e. The Morgan fingerprint density at radius 1 is 1.25 bits per heavy atom. The van der Waals surface area contributed by atoms with Gasteiger partial charge in [0.2, 0.25) is 0 Å². The Labute approximate surface area is 165 Å². The summed E-state index contributed by atoms with van der Waals surface area (Å²) in [5.74, 6) is -0.403. The first-order chi connectivity index (χ1) is 12.9. The van der Waals surface area contributed by atoms with Gasteiger partial charge in [-0.1, -0.05) is 12.1 Å². The van der Waals surface area contributed by atoms with E-state index < -0.39 is 11.2 Å². The van der Waals surface area contributed by atoms with Crippen LogP contribution in [0.5, 0.6) is 0 Å². The van der Waals surface area contributed by atoms with Gasteiger partial charge in [-0.2, -0.15) is 0 Å². The molecular weight excluding hydrogens is 363 g/mol. The van der Waals surface area contributed by atoms with Crippen molar-refractivity contribution < 1.29 is 23.5 Å². The molecule has 2 aliphatic heterocycles. The van der Waals surface area contributed by atoms with Crippen molar-refractivity contribution >= 4 is 12.1 Å². The Kier molecular flexibility index (Phi) is 5.40. The first-order valence-corrected chi connectivity index (χ1v) is 9.62. The van der Waals surface area contributed by atoms with Gasteiger partial charge in [-0.15, -0.1) is 0 Å². The van der Waals surface area contributed by atoms with E-state index in [1.807, 2.05) is 39.8 Å². The summed E-state index contributed by atoms with van der Waals surface area (Å²) in [5.41, 5.74) is 0.531. The van der Waals surface area contributed by atoms with Gasteiger partial charge in [0, 0.05) is 51.1 Å². The highest BCUT2D eigenvalue weighted by Crippen LogP contribution is 2.31. The molecule has 154 valence electrons. The largest absolute Gasteiger partial charge is 0.457 e. The van der Waals surface area contributed by atoms with Crippen molar-refractivity contribution in [3.05, 3.63) is 35.1 Å². The molecule has 2 heterocycles. The Morgan fingerprint density at radius 3 is 2.43 bits per heavy atom. The SMILES string of the molecule is CC(=O)OC1(C)CN(Cc2ccc(C3CN(C(=O)OC(C)(C)C)C3)cc2F)C1. The van der Waals surface area contributed by atoms with Crippen LogP contribution in [0.15, 0.2) is 18.2 Å². The van der Waals surface area contributed by atoms with Gasteiger partial charge in [0.15, 0.2) is 0 Å². The second-order valence-electron chi connectivity index (χ2n) is 9.12. The summed E-state index contributed by atoms with van der Waals surface area (Å²) in [6.45, 7) is 11.6. The predicted molar refractivity (Wildman–Crippen MR) is 102 cm³/mol. The number of nitrogens with zero attached hydrogens (tertiary/aromatic N) is 2. The number of hydrogen-bond donors (Lipinski definition) is 0. The Balaban J connectivity index is 1.51. The number of benzene rings is 1. The number of halogens is 1. The van der Waals surface area contributed by atoms with Crippen molar-refractivity contribution in [2.75, 3.05) is 26.2 Å². The lowest BCUT2D eigenvalue weighted by atomic mass is 9.90. The number of likely N-dealkylation sites (tertiary alicyclic amines) is 2. The summed E-state index contributed by atoms with van der Waals surface area (Å²) in [6.07, 6.45) is -0.325. The van der Waals surface area contributed by atoms with Crippen molar-refractivity contribution in [3.63, 3.8) is 0 Å². The van der Waals surface area contributed by atoms with Crippen molar-refractivity contribution in [3.8, 4) is 0 Å². The van der Waals surface area contributed by atoms with E-state index in [4.69, 9.17) is 9.47 Å². The van der Waals surface area contributed by atoms with Crippen molar-refractivity contribution in [2.24, 2.45) is 0 Å². The van der Waals surface area contributed by atoms with Crippen LogP contribution in [0.2, 0.25) is 0 Å². The minimum atomic E-state index is -0.516. The molecule has 0 unspecified atom stereocenters. The molecule has 1 aromatic carbocycles. The summed E-state index contributed by atoms with van der Waals surface area (Å²) >= 11 is 0. The third-order valence-corrected chi connectivity index (χ3v) is 4.98. The number of amides is 1. The van der Waals surface area contributed by atoms with Crippen LogP contribution in [0.4, 0.5) is 9.18 Å². The number of esters is 1. The van der Waals surface area contributed by atoms with Gasteiger partial charge < -0.3 is 14.4 Å². The zero-order valence-corrected chi connectivity index (χ0v) is 17.3. The number of carbonyl (C=O) groups is 2. The molecule has 0 N–H and O–H groups in total. The summed E-state index contributed by atoms with van der Waals surface area (Å²) in [7, 11) is 0. The van der Waals surface area contributed by atoms with E-state index in [9.17, 15) is 14.0 Å². The van der Waals surface area contributed by atoms with Gasteiger partial charge >= 0.3 is 12.1 Å². The van der Waals surface area contributed by atoms with Crippen molar-refractivity contribution in [1.29, 1.82) is 0 Å². The average Bonchev–Trinajstić information content (AvgIpc) is 2.43. The Hall–Kier alpha value is -2.15. The monoisotopic (exact) mass is 392 g/mol. The van der Waals surface area contributed by atoms with E-state index >= 15 is 0 Å². The fourth-order valence-electron chi connectivity index (χ4n) is 3.77. The molecular formula is C21H29FN2O4. The molecule has 2 aliphatic rings. The number of ether oxygens (including phenoxy) is 2. The lowest BCUT2D eigenvalue weighted by molar-refractivity contribution is -0.174. The van der Waals surface area contributed by atoms with Gasteiger partial charge in [0.05, 0.1) is 0 Å².